The zero-order chi connectivity index (χ0) is 13.2. The summed E-state index contributed by atoms with van der Waals surface area (Å²) >= 11 is 1.72. The predicted molar refractivity (Wildman–Crippen MR) is 77.0 cm³/mol. The molecule has 1 saturated carbocycles. The molecular formula is C14H19N3OS. The van der Waals surface area contributed by atoms with Crippen LogP contribution in [0.1, 0.15) is 18.4 Å². The van der Waals surface area contributed by atoms with Crippen LogP contribution in [-0.4, -0.2) is 39.0 Å². The fourth-order valence-electron chi connectivity index (χ4n) is 2.45. The lowest BCUT2D eigenvalue weighted by Crippen LogP contribution is -2.28. The lowest BCUT2D eigenvalue weighted by molar-refractivity contribution is 0.183. The molecule has 0 unspecified atom stereocenters. The van der Waals surface area contributed by atoms with Crippen LogP contribution in [0.4, 0.5) is 0 Å². The maximum absolute atomic E-state index is 9.19. The normalized spacial score (nSPS) is 15.3. The van der Waals surface area contributed by atoms with Gasteiger partial charge in [0.1, 0.15) is 5.69 Å². The van der Waals surface area contributed by atoms with Gasteiger partial charge in [-0.05, 0) is 24.3 Å². The Labute approximate surface area is 117 Å². The monoisotopic (exact) mass is 277 g/mol. The maximum Gasteiger partial charge on any atom is 0.107 e. The van der Waals surface area contributed by atoms with E-state index in [0.29, 0.717) is 6.04 Å². The van der Waals surface area contributed by atoms with Crippen LogP contribution in [0.5, 0.6) is 0 Å². The lowest BCUT2D eigenvalue weighted by atomic mass is 10.2. The molecule has 0 spiro atoms. The minimum atomic E-state index is 0.227. The Morgan fingerprint density at radius 1 is 1.53 bits per heavy atom. The summed E-state index contributed by atoms with van der Waals surface area (Å²) in [5.74, 6) is 0. The van der Waals surface area contributed by atoms with Crippen LogP contribution in [0.3, 0.4) is 0 Å². The molecule has 0 aromatic carbocycles. The third-order valence-corrected chi connectivity index (χ3v) is 4.36. The molecular weight excluding hydrogens is 258 g/mol. The van der Waals surface area contributed by atoms with Gasteiger partial charge >= 0.3 is 0 Å². The highest BCUT2D eigenvalue weighted by atomic mass is 32.1. The van der Waals surface area contributed by atoms with Gasteiger partial charge in [-0.1, -0.05) is 6.07 Å². The predicted octanol–water partition coefficient (Wildman–Crippen LogP) is 2.11. The highest BCUT2D eigenvalue weighted by molar-refractivity contribution is 7.13. The number of aliphatic hydroxyl groups is 1. The minimum Gasteiger partial charge on any atom is -0.395 e. The van der Waals surface area contributed by atoms with Crippen LogP contribution in [0.25, 0.3) is 10.6 Å². The molecule has 2 aromatic heterocycles. The van der Waals surface area contributed by atoms with Crippen molar-refractivity contribution in [2.45, 2.75) is 25.4 Å². The van der Waals surface area contributed by atoms with Gasteiger partial charge in [0, 0.05) is 37.9 Å². The van der Waals surface area contributed by atoms with Crippen molar-refractivity contribution < 1.29 is 5.11 Å². The number of aliphatic hydroxyl groups excluding tert-OH is 1. The van der Waals surface area contributed by atoms with Crippen molar-refractivity contribution in [1.82, 2.24) is 14.7 Å². The summed E-state index contributed by atoms with van der Waals surface area (Å²) < 4.78 is 1.88. The highest BCUT2D eigenvalue weighted by Gasteiger charge is 2.29. The molecule has 0 amide bonds. The fourth-order valence-corrected chi connectivity index (χ4v) is 3.20. The van der Waals surface area contributed by atoms with Gasteiger partial charge in [-0.3, -0.25) is 9.58 Å². The summed E-state index contributed by atoms with van der Waals surface area (Å²) in [5, 5.41) is 15.9. The molecule has 0 saturated heterocycles. The average Bonchev–Trinajstić information content (AvgIpc) is 2.96. The number of thiophene rings is 1. The second kappa shape index (κ2) is 5.45. The van der Waals surface area contributed by atoms with Gasteiger partial charge in [0.15, 0.2) is 0 Å². The number of aryl methyl sites for hydroxylation is 1. The van der Waals surface area contributed by atoms with Crippen molar-refractivity contribution in [1.29, 1.82) is 0 Å². The van der Waals surface area contributed by atoms with E-state index in [1.54, 1.807) is 11.3 Å². The fraction of sp³-hybridized carbons (Fsp3) is 0.500. The van der Waals surface area contributed by atoms with Crippen molar-refractivity contribution in [2.24, 2.45) is 7.05 Å². The standard InChI is InChI=1S/C14H19N3OS/c1-16-9-11(10-17(6-7-18)12-4-5-12)14(15-16)13-3-2-8-19-13/h2-3,8-9,12,18H,4-7,10H2,1H3. The zero-order valence-electron chi connectivity index (χ0n) is 11.1. The van der Waals surface area contributed by atoms with Crippen LogP contribution in [0.15, 0.2) is 23.7 Å². The summed E-state index contributed by atoms with van der Waals surface area (Å²) in [7, 11) is 1.97. The Hall–Kier alpha value is -1.17. The van der Waals surface area contributed by atoms with E-state index >= 15 is 0 Å². The summed E-state index contributed by atoms with van der Waals surface area (Å²) in [6.07, 6.45) is 4.62. The molecule has 19 heavy (non-hydrogen) atoms. The van der Waals surface area contributed by atoms with Gasteiger partial charge in [0.25, 0.3) is 0 Å². The topological polar surface area (TPSA) is 41.3 Å². The van der Waals surface area contributed by atoms with Gasteiger partial charge in [-0.25, -0.2) is 0 Å². The molecule has 1 fully saturated rings. The first-order chi connectivity index (χ1) is 9.28. The molecule has 0 atom stereocenters. The summed E-state index contributed by atoms with van der Waals surface area (Å²) in [6, 6.07) is 4.83. The number of aromatic nitrogens is 2. The first-order valence-corrected chi connectivity index (χ1v) is 7.57. The van der Waals surface area contributed by atoms with Crippen LogP contribution < -0.4 is 0 Å². The Kier molecular flexibility index (Phi) is 3.68. The summed E-state index contributed by atoms with van der Waals surface area (Å²) in [4.78, 5) is 3.59. The van der Waals surface area contributed by atoms with Crippen molar-refractivity contribution in [3.05, 3.63) is 29.3 Å². The quantitative estimate of drug-likeness (QED) is 0.879. The minimum absolute atomic E-state index is 0.227. The maximum atomic E-state index is 9.19. The van der Waals surface area contributed by atoms with Crippen LogP contribution in [-0.2, 0) is 13.6 Å². The van der Waals surface area contributed by atoms with E-state index in [9.17, 15) is 5.11 Å². The number of hydrogen-bond donors (Lipinski definition) is 1. The SMILES string of the molecule is Cn1cc(CN(CCO)C2CC2)c(-c2cccs2)n1. The van der Waals surface area contributed by atoms with E-state index in [0.717, 1.165) is 18.8 Å². The first-order valence-electron chi connectivity index (χ1n) is 6.69. The van der Waals surface area contributed by atoms with Crippen LogP contribution in [0, 0.1) is 0 Å². The summed E-state index contributed by atoms with van der Waals surface area (Å²) in [5.41, 5.74) is 2.34. The molecule has 5 heteroatoms. The van der Waals surface area contributed by atoms with Crippen LogP contribution >= 0.6 is 11.3 Å². The number of hydrogen-bond acceptors (Lipinski definition) is 4. The van der Waals surface area contributed by atoms with Crippen LogP contribution in [0.2, 0.25) is 0 Å². The van der Waals surface area contributed by atoms with Crippen molar-refractivity contribution in [2.75, 3.05) is 13.2 Å². The summed E-state index contributed by atoms with van der Waals surface area (Å²) in [6.45, 7) is 1.86. The Morgan fingerprint density at radius 3 is 3.00 bits per heavy atom. The van der Waals surface area contributed by atoms with Gasteiger partial charge in [-0.15, -0.1) is 11.3 Å². The largest absolute Gasteiger partial charge is 0.395 e. The molecule has 2 heterocycles. The number of nitrogens with zero attached hydrogens (tertiary/aromatic N) is 3. The van der Waals surface area contributed by atoms with E-state index in [1.807, 2.05) is 11.7 Å². The smallest absolute Gasteiger partial charge is 0.107 e. The van der Waals surface area contributed by atoms with Crippen molar-refractivity contribution in [3.8, 4) is 10.6 Å². The molecule has 3 rings (SSSR count). The van der Waals surface area contributed by atoms with E-state index in [4.69, 9.17) is 0 Å². The molecule has 1 aliphatic rings. The third kappa shape index (κ3) is 2.88. The van der Waals surface area contributed by atoms with E-state index < -0.39 is 0 Å². The van der Waals surface area contributed by atoms with Gasteiger partial charge in [0.05, 0.1) is 11.5 Å². The molecule has 2 aromatic rings. The van der Waals surface area contributed by atoms with Gasteiger partial charge < -0.3 is 5.11 Å². The Balaban J connectivity index is 1.83. The molecule has 4 nitrogen and oxygen atoms in total. The van der Waals surface area contributed by atoms with Gasteiger partial charge in [0.2, 0.25) is 0 Å². The highest BCUT2D eigenvalue weighted by Crippen LogP contribution is 2.31. The molecule has 1 N–H and O–H groups in total. The van der Waals surface area contributed by atoms with E-state index in [-0.39, 0.29) is 6.61 Å². The lowest BCUT2D eigenvalue weighted by Gasteiger charge is -2.20. The first kappa shape index (κ1) is 12.8. The second-order valence-corrected chi connectivity index (χ2v) is 6.03. The Bertz CT molecular complexity index is 531. The van der Waals surface area contributed by atoms with E-state index in [1.165, 1.54) is 23.3 Å². The van der Waals surface area contributed by atoms with E-state index in [2.05, 4.69) is 33.7 Å². The number of rotatable bonds is 6. The average molecular weight is 277 g/mol. The zero-order valence-corrected chi connectivity index (χ0v) is 11.9. The third-order valence-electron chi connectivity index (χ3n) is 3.48. The molecule has 0 radical (unpaired) electrons. The molecule has 1 aliphatic carbocycles. The Morgan fingerprint density at radius 2 is 2.37 bits per heavy atom. The second-order valence-electron chi connectivity index (χ2n) is 5.08. The van der Waals surface area contributed by atoms with Crippen molar-refractivity contribution >= 4 is 11.3 Å². The molecule has 0 bridgehead atoms. The molecule has 102 valence electrons. The van der Waals surface area contributed by atoms with Gasteiger partial charge in [-0.2, -0.15) is 5.10 Å². The van der Waals surface area contributed by atoms with Crippen molar-refractivity contribution in [3.63, 3.8) is 0 Å². The molecule has 0 aliphatic heterocycles.